The lowest BCUT2D eigenvalue weighted by Crippen LogP contribution is -2.43. The Hall–Kier alpha value is -2.97. The lowest BCUT2D eigenvalue weighted by Gasteiger charge is -2.24. The van der Waals surface area contributed by atoms with Crippen LogP contribution in [0.1, 0.15) is 55.1 Å². The molecule has 1 N–H and O–H groups in total. The third-order valence-corrected chi connectivity index (χ3v) is 5.23. The van der Waals surface area contributed by atoms with Gasteiger partial charge in [-0.25, -0.2) is 4.68 Å². The molecule has 1 fully saturated rings. The highest BCUT2D eigenvalue weighted by molar-refractivity contribution is 5.95. The van der Waals surface area contributed by atoms with E-state index in [0.29, 0.717) is 29.6 Å². The molecule has 0 aliphatic heterocycles. The Morgan fingerprint density at radius 3 is 2.69 bits per heavy atom. The maximum absolute atomic E-state index is 12.9. The molecule has 0 unspecified atom stereocenters. The molecule has 9 heteroatoms. The van der Waals surface area contributed by atoms with Gasteiger partial charge in [0.05, 0.1) is 37.1 Å². The van der Waals surface area contributed by atoms with Crippen molar-refractivity contribution in [1.82, 2.24) is 25.3 Å². The molecule has 1 saturated carbocycles. The van der Waals surface area contributed by atoms with Crippen LogP contribution in [0.5, 0.6) is 5.88 Å². The largest absolute Gasteiger partial charge is 0.477 e. The number of aromatic nitrogens is 4. The fraction of sp³-hybridized carbons (Fsp3) is 0.550. The van der Waals surface area contributed by atoms with Crippen molar-refractivity contribution >= 4 is 11.9 Å². The van der Waals surface area contributed by atoms with Gasteiger partial charge in [-0.1, -0.05) is 19.3 Å². The van der Waals surface area contributed by atoms with Gasteiger partial charge in [-0.2, -0.15) is 5.10 Å². The van der Waals surface area contributed by atoms with Crippen molar-refractivity contribution < 1.29 is 19.1 Å². The summed E-state index contributed by atoms with van der Waals surface area (Å²) in [4.78, 5) is 25.1. The highest BCUT2D eigenvalue weighted by Gasteiger charge is 2.32. The molecular weight excluding hydrogens is 374 g/mol. The zero-order valence-corrected chi connectivity index (χ0v) is 17.1. The van der Waals surface area contributed by atoms with Crippen molar-refractivity contribution in [3.63, 3.8) is 0 Å². The van der Waals surface area contributed by atoms with E-state index in [9.17, 15) is 9.59 Å². The van der Waals surface area contributed by atoms with Crippen molar-refractivity contribution in [3.05, 3.63) is 29.6 Å². The van der Waals surface area contributed by atoms with Crippen LogP contribution in [0, 0.1) is 12.8 Å². The van der Waals surface area contributed by atoms with E-state index in [2.05, 4.69) is 20.6 Å². The number of amides is 1. The normalized spacial score (nSPS) is 19.3. The first-order chi connectivity index (χ1) is 14.0. The van der Waals surface area contributed by atoms with Gasteiger partial charge in [0, 0.05) is 12.1 Å². The van der Waals surface area contributed by atoms with E-state index in [1.807, 2.05) is 6.92 Å². The first-order valence-corrected chi connectivity index (χ1v) is 9.95. The van der Waals surface area contributed by atoms with Crippen LogP contribution in [-0.4, -0.2) is 51.6 Å². The third kappa shape index (κ3) is 4.72. The molecule has 9 nitrogen and oxygen atoms in total. The number of carbonyl (C=O) groups excluding carboxylic acids is 2. The quantitative estimate of drug-likeness (QED) is 0.584. The molecule has 0 radical (unpaired) electrons. The van der Waals surface area contributed by atoms with Crippen molar-refractivity contribution in [2.75, 3.05) is 13.7 Å². The van der Waals surface area contributed by atoms with Crippen molar-refractivity contribution in [3.8, 4) is 11.7 Å². The van der Waals surface area contributed by atoms with Gasteiger partial charge >= 0.3 is 5.97 Å². The number of methoxy groups -OCH3 is 1. The van der Waals surface area contributed by atoms with E-state index in [0.717, 1.165) is 32.1 Å². The Morgan fingerprint density at radius 1 is 1.21 bits per heavy atom. The summed E-state index contributed by atoms with van der Waals surface area (Å²) < 4.78 is 11.8. The molecule has 0 aromatic carbocycles. The van der Waals surface area contributed by atoms with Crippen LogP contribution in [-0.2, 0) is 9.53 Å². The first-order valence-electron chi connectivity index (χ1n) is 9.95. The maximum atomic E-state index is 12.9. The van der Waals surface area contributed by atoms with E-state index in [4.69, 9.17) is 9.47 Å². The second-order valence-electron chi connectivity index (χ2n) is 7.07. The predicted molar refractivity (Wildman–Crippen MR) is 105 cm³/mol. The molecule has 2 aromatic rings. The summed E-state index contributed by atoms with van der Waals surface area (Å²) in [6.45, 7) is 4.18. The zero-order chi connectivity index (χ0) is 20.8. The van der Waals surface area contributed by atoms with Crippen LogP contribution in [0.2, 0.25) is 0 Å². The molecular formula is C20H27N5O4. The Bertz CT molecular complexity index is 849. The molecule has 2 heterocycles. The summed E-state index contributed by atoms with van der Waals surface area (Å²) in [7, 11) is 1.39. The Morgan fingerprint density at radius 2 is 2.00 bits per heavy atom. The molecule has 1 aliphatic carbocycles. The van der Waals surface area contributed by atoms with Gasteiger partial charge in [-0.05, 0) is 32.8 Å². The monoisotopic (exact) mass is 401 g/mol. The maximum Gasteiger partial charge on any atom is 0.310 e. The van der Waals surface area contributed by atoms with Gasteiger partial charge in [-0.3, -0.25) is 9.59 Å². The number of nitrogens with one attached hydrogen (secondary N) is 1. The standard InChI is InChI=1S/C20H27N5O4/c1-4-29-18-11-10-17(23-24-18)25-13(2)15(12-21-25)19(26)22-16-9-7-5-6-8-14(16)20(27)28-3/h10-12,14,16H,4-9H2,1-3H3,(H,22,26)/t14-,16+/m0/s1. The van der Waals surface area contributed by atoms with E-state index in [-0.39, 0.29) is 23.8 Å². The molecule has 2 atom stereocenters. The smallest absolute Gasteiger partial charge is 0.310 e. The molecule has 2 aromatic heterocycles. The van der Waals surface area contributed by atoms with Gasteiger partial charge in [0.2, 0.25) is 5.88 Å². The minimum absolute atomic E-state index is 0.245. The van der Waals surface area contributed by atoms with Crippen molar-refractivity contribution in [1.29, 1.82) is 0 Å². The summed E-state index contributed by atoms with van der Waals surface area (Å²) in [5.74, 6) is 0.0784. The molecule has 0 spiro atoms. The fourth-order valence-electron chi connectivity index (χ4n) is 3.67. The van der Waals surface area contributed by atoms with Crippen LogP contribution in [0.3, 0.4) is 0 Å². The lowest BCUT2D eigenvalue weighted by molar-refractivity contribution is -0.146. The minimum atomic E-state index is -0.321. The summed E-state index contributed by atoms with van der Waals surface area (Å²) in [6, 6.07) is 3.20. The Kier molecular flexibility index (Phi) is 6.79. The van der Waals surface area contributed by atoms with Crippen LogP contribution in [0.25, 0.3) is 5.82 Å². The molecule has 1 aliphatic rings. The number of esters is 1. The molecule has 3 rings (SSSR count). The number of carbonyl (C=O) groups is 2. The number of hydrogen-bond acceptors (Lipinski definition) is 7. The van der Waals surface area contributed by atoms with Gasteiger partial charge in [0.25, 0.3) is 5.91 Å². The Balaban J connectivity index is 1.76. The molecule has 0 saturated heterocycles. The predicted octanol–water partition coefficient (Wildman–Crippen LogP) is 2.22. The summed E-state index contributed by atoms with van der Waals surface area (Å²) in [5.41, 5.74) is 1.08. The second kappa shape index (κ2) is 9.49. The highest BCUT2D eigenvalue weighted by atomic mass is 16.5. The molecule has 29 heavy (non-hydrogen) atoms. The Labute approximate surface area is 169 Å². The third-order valence-electron chi connectivity index (χ3n) is 5.23. The van der Waals surface area contributed by atoms with Gasteiger partial charge in [0.1, 0.15) is 0 Å². The average Bonchev–Trinajstić information content (AvgIpc) is 2.96. The molecule has 156 valence electrons. The molecule has 1 amide bonds. The van der Waals surface area contributed by atoms with E-state index >= 15 is 0 Å². The molecule has 0 bridgehead atoms. The second-order valence-corrected chi connectivity index (χ2v) is 7.07. The average molecular weight is 401 g/mol. The van der Waals surface area contributed by atoms with Gasteiger partial charge < -0.3 is 14.8 Å². The number of rotatable bonds is 6. The van der Waals surface area contributed by atoms with Crippen LogP contribution in [0.4, 0.5) is 0 Å². The van der Waals surface area contributed by atoms with Crippen molar-refractivity contribution in [2.24, 2.45) is 5.92 Å². The van der Waals surface area contributed by atoms with Gasteiger partial charge in [-0.15, -0.1) is 10.2 Å². The van der Waals surface area contributed by atoms with E-state index < -0.39 is 0 Å². The lowest BCUT2D eigenvalue weighted by atomic mass is 9.94. The highest BCUT2D eigenvalue weighted by Crippen LogP contribution is 2.25. The van der Waals surface area contributed by atoms with Crippen LogP contribution < -0.4 is 10.1 Å². The summed E-state index contributed by atoms with van der Waals surface area (Å²) in [5, 5.41) is 15.4. The van der Waals surface area contributed by atoms with Gasteiger partial charge in [0.15, 0.2) is 5.82 Å². The fourth-order valence-corrected chi connectivity index (χ4v) is 3.67. The topological polar surface area (TPSA) is 108 Å². The number of ether oxygens (including phenoxy) is 2. The van der Waals surface area contributed by atoms with Crippen LogP contribution in [0.15, 0.2) is 18.3 Å². The van der Waals surface area contributed by atoms with E-state index in [1.54, 1.807) is 23.7 Å². The number of hydrogen-bond donors (Lipinski definition) is 1. The summed E-state index contributed by atoms with van der Waals surface area (Å²) in [6.07, 6.45) is 5.96. The summed E-state index contributed by atoms with van der Waals surface area (Å²) >= 11 is 0. The zero-order valence-electron chi connectivity index (χ0n) is 17.1. The minimum Gasteiger partial charge on any atom is -0.477 e. The van der Waals surface area contributed by atoms with Crippen molar-refractivity contribution in [2.45, 2.75) is 52.0 Å². The SMILES string of the molecule is CCOc1ccc(-n2ncc(C(=O)N[C@@H]3CCCCC[C@@H]3C(=O)OC)c2C)nn1. The van der Waals surface area contributed by atoms with Crippen LogP contribution >= 0.6 is 0 Å². The first kappa shape index (κ1) is 20.8. The number of nitrogens with zero attached hydrogens (tertiary/aromatic N) is 4. The van der Waals surface area contributed by atoms with E-state index in [1.165, 1.54) is 13.3 Å².